The maximum atomic E-state index is 12.9. The van der Waals surface area contributed by atoms with Gasteiger partial charge in [-0.3, -0.25) is 0 Å². The van der Waals surface area contributed by atoms with Gasteiger partial charge in [0.15, 0.2) is 0 Å². The molecule has 1 fully saturated rings. The lowest BCUT2D eigenvalue weighted by Crippen LogP contribution is -2.42. The van der Waals surface area contributed by atoms with E-state index in [-0.39, 0.29) is 5.41 Å². The summed E-state index contributed by atoms with van der Waals surface area (Å²) < 4.78 is 34.3. The molecular formula is C19H26N2O3S. The van der Waals surface area contributed by atoms with Crippen molar-refractivity contribution in [2.24, 2.45) is 5.41 Å². The molecule has 136 valence electrons. The van der Waals surface area contributed by atoms with Gasteiger partial charge in [0.2, 0.25) is 10.0 Å². The summed E-state index contributed by atoms with van der Waals surface area (Å²) in [5.74, 6) is 0.711. The van der Waals surface area contributed by atoms with Crippen molar-refractivity contribution < 1.29 is 13.2 Å². The van der Waals surface area contributed by atoms with E-state index >= 15 is 0 Å². The van der Waals surface area contributed by atoms with Crippen molar-refractivity contribution in [3.05, 3.63) is 36.4 Å². The average Bonchev–Trinajstić information content (AvgIpc) is 2.61. The van der Waals surface area contributed by atoms with Crippen molar-refractivity contribution in [1.82, 2.24) is 10.0 Å². The predicted octanol–water partition coefficient (Wildman–Crippen LogP) is 2.91. The van der Waals surface area contributed by atoms with Crippen LogP contribution >= 0.6 is 0 Å². The van der Waals surface area contributed by atoms with E-state index in [1.807, 2.05) is 31.2 Å². The van der Waals surface area contributed by atoms with Gasteiger partial charge >= 0.3 is 0 Å². The molecule has 0 aromatic heterocycles. The zero-order chi connectivity index (χ0) is 17.9. The van der Waals surface area contributed by atoms with Gasteiger partial charge in [-0.15, -0.1) is 0 Å². The highest BCUT2D eigenvalue weighted by Gasteiger charge is 2.29. The first-order valence-corrected chi connectivity index (χ1v) is 10.3. The lowest BCUT2D eigenvalue weighted by atomic mass is 9.81. The van der Waals surface area contributed by atoms with Crippen molar-refractivity contribution >= 4 is 20.8 Å². The minimum Gasteiger partial charge on any atom is -0.493 e. The van der Waals surface area contributed by atoms with Crippen LogP contribution in [0.25, 0.3) is 10.8 Å². The Hall–Kier alpha value is -1.63. The second-order valence-electron chi connectivity index (χ2n) is 6.93. The van der Waals surface area contributed by atoms with Gasteiger partial charge in [-0.05, 0) is 50.4 Å². The zero-order valence-corrected chi connectivity index (χ0v) is 15.7. The Kier molecular flexibility index (Phi) is 5.32. The molecule has 0 atom stereocenters. The molecule has 0 amide bonds. The molecule has 0 spiro atoms. The largest absolute Gasteiger partial charge is 0.493 e. The van der Waals surface area contributed by atoms with Crippen LogP contribution in [0.15, 0.2) is 41.3 Å². The van der Waals surface area contributed by atoms with Crippen LogP contribution in [0.3, 0.4) is 0 Å². The van der Waals surface area contributed by atoms with Gasteiger partial charge < -0.3 is 10.1 Å². The standard InChI is InChI=1S/C19H26N2O3S/c1-3-24-17-8-9-18(16-7-5-4-6-15(16)17)25(22,23)21-14-19(2)10-12-20-13-11-19/h4-9,20-21H,3,10-14H2,1-2H3. The van der Waals surface area contributed by atoms with Crippen LogP contribution in [0, 0.1) is 5.41 Å². The first kappa shape index (κ1) is 18.2. The van der Waals surface area contributed by atoms with E-state index in [9.17, 15) is 8.42 Å². The smallest absolute Gasteiger partial charge is 0.241 e. The molecule has 5 nitrogen and oxygen atoms in total. The summed E-state index contributed by atoms with van der Waals surface area (Å²) in [7, 11) is -3.58. The number of piperidine rings is 1. The Morgan fingerprint density at radius 3 is 2.48 bits per heavy atom. The maximum absolute atomic E-state index is 12.9. The van der Waals surface area contributed by atoms with E-state index in [2.05, 4.69) is 17.0 Å². The van der Waals surface area contributed by atoms with Gasteiger partial charge in [-0.2, -0.15) is 0 Å². The lowest BCUT2D eigenvalue weighted by molar-refractivity contribution is 0.232. The van der Waals surface area contributed by atoms with Gasteiger partial charge in [0, 0.05) is 17.3 Å². The second kappa shape index (κ2) is 7.32. The minimum atomic E-state index is -3.58. The van der Waals surface area contributed by atoms with Crippen LogP contribution < -0.4 is 14.8 Å². The molecule has 2 N–H and O–H groups in total. The summed E-state index contributed by atoms with van der Waals surface area (Å²) in [5, 5.41) is 4.83. The topological polar surface area (TPSA) is 67.4 Å². The number of nitrogens with one attached hydrogen (secondary N) is 2. The predicted molar refractivity (Wildman–Crippen MR) is 101 cm³/mol. The Bertz CT molecular complexity index is 843. The summed E-state index contributed by atoms with van der Waals surface area (Å²) in [4.78, 5) is 0.309. The molecule has 0 radical (unpaired) electrons. The normalized spacial score (nSPS) is 17.5. The molecule has 3 rings (SSSR count). The van der Waals surface area contributed by atoms with Crippen LogP contribution in [0.1, 0.15) is 26.7 Å². The van der Waals surface area contributed by atoms with Crippen LogP contribution in [0.4, 0.5) is 0 Å². The van der Waals surface area contributed by atoms with Crippen LogP contribution in [-0.4, -0.2) is 34.7 Å². The van der Waals surface area contributed by atoms with Crippen molar-refractivity contribution in [2.75, 3.05) is 26.2 Å². The fourth-order valence-corrected chi connectivity index (χ4v) is 4.72. The third-order valence-electron chi connectivity index (χ3n) is 4.93. The molecule has 25 heavy (non-hydrogen) atoms. The molecule has 1 aliphatic rings. The average molecular weight is 362 g/mol. The number of hydrogen-bond acceptors (Lipinski definition) is 4. The first-order chi connectivity index (χ1) is 12.0. The number of ether oxygens (including phenoxy) is 1. The van der Waals surface area contributed by atoms with E-state index in [4.69, 9.17) is 4.74 Å². The van der Waals surface area contributed by atoms with Crippen LogP contribution in [-0.2, 0) is 10.0 Å². The number of fused-ring (bicyclic) bond motifs is 1. The highest BCUT2D eigenvalue weighted by Crippen LogP contribution is 2.32. The minimum absolute atomic E-state index is 0.000609. The fourth-order valence-electron chi connectivity index (χ4n) is 3.31. The molecule has 1 heterocycles. The second-order valence-corrected chi connectivity index (χ2v) is 8.66. The van der Waals surface area contributed by atoms with Gasteiger partial charge in [0.1, 0.15) is 5.75 Å². The maximum Gasteiger partial charge on any atom is 0.241 e. The molecule has 0 unspecified atom stereocenters. The molecule has 2 aromatic carbocycles. The number of rotatable bonds is 6. The van der Waals surface area contributed by atoms with E-state index in [0.29, 0.717) is 29.2 Å². The van der Waals surface area contributed by atoms with E-state index in [0.717, 1.165) is 31.3 Å². The van der Waals surface area contributed by atoms with Gasteiger partial charge in [-0.25, -0.2) is 13.1 Å². The van der Waals surface area contributed by atoms with E-state index < -0.39 is 10.0 Å². The molecule has 2 aromatic rings. The van der Waals surface area contributed by atoms with Crippen LogP contribution in [0.5, 0.6) is 5.75 Å². The van der Waals surface area contributed by atoms with Crippen molar-refractivity contribution in [1.29, 1.82) is 0 Å². The quantitative estimate of drug-likeness (QED) is 0.829. The molecule has 0 saturated carbocycles. The molecule has 1 saturated heterocycles. The Balaban J connectivity index is 1.91. The third-order valence-corrected chi connectivity index (χ3v) is 6.39. The van der Waals surface area contributed by atoms with Gasteiger partial charge in [0.05, 0.1) is 11.5 Å². The number of benzene rings is 2. The summed E-state index contributed by atoms with van der Waals surface area (Å²) >= 11 is 0. The van der Waals surface area contributed by atoms with Crippen LogP contribution in [0.2, 0.25) is 0 Å². The third kappa shape index (κ3) is 3.97. The molecule has 1 aliphatic heterocycles. The Labute approximate surface area is 149 Å². The summed E-state index contributed by atoms with van der Waals surface area (Å²) in [6, 6.07) is 10.9. The van der Waals surface area contributed by atoms with Crippen molar-refractivity contribution in [2.45, 2.75) is 31.6 Å². The van der Waals surface area contributed by atoms with Crippen molar-refractivity contribution in [3.8, 4) is 5.75 Å². The zero-order valence-electron chi connectivity index (χ0n) is 14.8. The summed E-state index contributed by atoms with van der Waals surface area (Å²) in [6.45, 7) is 6.93. The molecular weight excluding hydrogens is 336 g/mol. The summed E-state index contributed by atoms with van der Waals surface area (Å²) in [5.41, 5.74) is -0.000609. The first-order valence-electron chi connectivity index (χ1n) is 8.80. The van der Waals surface area contributed by atoms with Gasteiger partial charge in [0.25, 0.3) is 0 Å². The Morgan fingerprint density at radius 1 is 1.12 bits per heavy atom. The molecule has 6 heteroatoms. The lowest BCUT2D eigenvalue weighted by Gasteiger charge is -2.34. The highest BCUT2D eigenvalue weighted by molar-refractivity contribution is 7.89. The van der Waals surface area contributed by atoms with E-state index in [1.165, 1.54) is 0 Å². The SMILES string of the molecule is CCOc1ccc(S(=O)(=O)NCC2(C)CCNCC2)c2ccccc12. The van der Waals surface area contributed by atoms with E-state index in [1.54, 1.807) is 12.1 Å². The summed E-state index contributed by atoms with van der Waals surface area (Å²) in [6.07, 6.45) is 1.94. The Morgan fingerprint density at radius 2 is 1.80 bits per heavy atom. The number of hydrogen-bond donors (Lipinski definition) is 2. The molecule has 0 bridgehead atoms. The monoisotopic (exact) mass is 362 g/mol. The highest BCUT2D eigenvalue weighted by atomic mass is 32.2. The number of sulfonamides is 1. The van der Waals surface area contributed by atoms with Gasteiger partial charge in [-0.1, -0.05) is 31.2 Å². The van der Waals surface area contributed by atoms with Crippen molar-refractivity contribution in [3.63, 3.8) is 0 Å². The molecule has 0 aliphatic carbocycles. The fraction of sp³-hybridized carbons (Fsp3) is 0.474.